The highest BCUT2D eigenvalue weighted by Gasteiger charge is 2.36. The fraction of sp³-hybridized carbons (Fsp3) is 0.375. The molecule has 0 radical (unpaired) electrons. The molecule has 0 unspecified atom stereocenters. The van der Waals surface area contributed by atoms with Gasteiger partial charge in [-0.15, -0.1) is 0 Å². The lowest BCUT2D eigenvalue weighted by Crippen LogP contribution is -2.40. The number of allylic oxidation sites excluding steroid dienone is 2. The van der Waals surface area contributed by atoms with Gasteiger partial charge in [0.2, 0.25) is 0 Å². The molecule has 0 fully saturated rings. The lowest BCUT2D eigenvalue weighted by molar-refractivity contribution is 0.104. The molecule has 0 atom stereocenters. The third kappa shape index (κ3) is 6.30. The summed E-state index contributed by atoms with van der Waals surface area (Å²) in [5.41, 5.74) is 2.90. The number of benzene rings is 2. The van der Waals surface area contributed by atoms with Gasteiger partial charge in [-0.1, -0.05) is 81.4 Å². The van der Waals surface area contributed by atoms with Crippen LogP contribution in [0.1, 0.15) is 49.5 Å². The van der Waals surface area contributed by atoms with E-state index in [1.165, 1.54) is 0 Å². The van der Waals surface area contributed by atoms with Crippen LogP contribution in [0, 0.1) is 0 Å². The van der Waals surface area contributed by atoms with Crippen LogP contribution < -0.4 is 0 Å². The highest BCUT2D eigenvalue weighted by Crippen LogP contribution is 2.36. The Morgan fingerprint density at radius 3 is 1.96 bits per heavy atom. The van der Waals surface area contributed by atoms with E-state index in [9.17, 15) is 4.79 Å². The molecule has 0 saturated carbocycles. The molecule has 2 nitrogen and oxygen atoms in total. The molecule has 0 aliphatic carbocycles. The van der Waals surface area contributed by atoms with Crippen LogP contribution in [0.15, 0.2) is 66.7 Å². The van der Waals surface area contributed by atoms with E-state index in [1.807, 2.05) is 48.5 Å². The second-order valence-corrected chi connectivity index (χ2v) is 13.3. The first kappa shape index (κ1) is 21.3. The molecule has 0 N–H and O–H groups in total. The summed E-state index contributed by atoms with van der Waals surface area (Å²) < 4.78 is 6.30. The second kappa shape index (κ2) is 9.29. The van der Waals surface area contributed by atoms with Gasteiger partial charge in [-0.3, -0.25) is 4.79 Å². The normalized spacial score (nSPS) is 12.9. The number of rotatable bonds is 8. The van der Waals surface area contributed by atoms with Crippen molar-refractivity contribution in [3.8, 4) is 0 Å². The average molecular weight is 381 g/mol. The highest BCUT2D eigenvalue weighted by atomic mass is 28.4. The number of hydrogen-bond acceptors (Lipinski definition) is 2. The van der Waals surface area contributed by atoms with Crippen molar-refractivity contribution in [1.29, 1.82) is 0 Å². The van der Waals surface area contributed by atoms with E-state index < -0.39 is 8.32 Å². The quantitative estimate of drug-likeness (QED) is 0.219. The molecule has 0 spiro atoms. The molecule has 144 valence electrons. The van der Waals surface area contributed by atoms with Crippen molar-refractivity contribution in [3.05, 3.63) is 77.9 Å². The van der Waals surface area contributed by atoms with Crippen molar-refractivity contribution in [2.75, 3.05) is 6.61 Å². The predicted molar refractivity (Wildman–Crippen MR) is 118 cm³/mol. The van der Waals surface area contributed by atoms with Gasteiger partial charge < -0.3 is 4.43 Å². The number of hydrogen-bond donors (Lipinski definition) is 0. The Balaban J connectivity index is 2.08. The number of ketones is 1. The van der Waals surface area contributed by atoms with Gasteiger partial charge in [0.15, 0.2) is 14.1 Å². The van der Waals surface area contributed by atoms with Gasteiger partial charge in [-0.25, -0.2) is 0 Å². The topological polar surface area (TPSA) is 26.3 Å². The van der Waals surface area contributed by atoms with Crippen LogP contribution in [0.5, 0.6) is 0 Å². The third-order valence-corrected chi connectivity index (χ3v) is 9.91. The zero-order valence-corrected chi connectivity index (χ0v) is 18.3. The minimum Gasteiger partial charge on any atom is -0.417 e. The Morgan fingerprint density at radius 1 is 0.926 bits per heavy atom. The Morgan fingerprint density at radius 2 is 1.44 bits per heavy atom. The van der Waals surface area contributed by atoms with Crippen molar-refractivity contribution in [3.63, 3.8) is 0 Å². The van der Waals surface area contributed by atoms with Crippen molar-refractivity contribution in [2.45, 2.75) is 51.7 Å². The van der Waals surface area contributed by atoms with E-state index in [0.717, 1.165) is 36.1 Å². The van der Waals surface area contributed by atoms with Crippen molar-refractivity contribution < 1.29 is 9.22 Å². The molecule has 0 bridgehead atoms. The van der Waals surface area contributed by atoms with Crippen LogP contribution in [0.4, 0.5) is 0 Å². The Labute approximate surface area is 165 Å². The summed E-state index contributed by atoms with van der Waals surface area (Å²) in [5.74, 6) is 0.0553. The molecule has 2 rings (SSSR count). The molecule has 0 aromatic heterocycles. The summed E-state index contributed by atoms with van der Waals surface area (Å²) in [7, 11) is -1.73. The molecule has 2 aromatic rings. The predicted octanol–water partition coefficient (Wildman–Crippen LogP) is 6.75. The van der Waals surface area contributed by atoms with E-state index in [-0.39, 0.29) is 10.8 Å². The molecule has 27 heavy (non-hydrogen) atoms. The first-order chi connectivity index (χ1) is 12.7. The van der Waals surface area contributed by atoms with E-state index in [2.05, 4.69) is 46.0 Å². The maximum absolute atomic E-state index is 12.7. The summed E-state index contributed by atoms with van der Waals surface area (Å²) >= 11 is 0. The van der Waals surface area contributed by atoms with Crippen molar-refractivity contribution in [2.24, 2.45) is 0 Å². The van der Waals surface area contributed by atoms with Crippen LogP contribution in [0.2, 0.25) is 18.1 Å². The van der Waals surface area contributed by atoms with Crippen LogP contribution in [-0.4, -0.2) is 20.7 Å². The van der Waals surface area contributed by atoms with Gasteiger partial charge in [-0.05, 0) is 48.2 Å². The minimum atomic E-state index is -1.73. The molecule has 2 aromatic carbocycles. The van der Waals surface area contributed by atoms with Crippen LogP contribution in [0.3, 0.4) is 0 Å². The van der Waals surface area contributed by atoms with Gasteiger partial charge in [0.1, 0.15) is 0 Å². The minimum absolute atomic E-state index is 0.0553. The van der Waals surface area contributed by atoms with E-state index in [0.29, 0.717) is 0 Å². The molecule has 0 amide bonds. The SMILES string of the molecule is CC(C)(C)[Si](C)(C)OCCC/C(=C/C(=O)c1ccccc1)c1ccccc1. The smallest absolute Gasteiger partial charge is 0.191 e. The largest absolute Gasteiger partial charge is 0.417 e. The molecular formula is C24H32O2Si. The first-order valence-electron chi connectivity index (χ1n) is 9.70. The summed E-state index contributed by atoms with van der Waals surface area (Å²) in [6.07, 6.45) is 3.53. The fourth-order valence-electron chi connectivity index (χ4n) is 2.60. The Bertz CT molecular complexity index is 756. The standard InChI is InChI=1S/C24H32O2Si/c1-24(2,3)27(4,5)26-18-12-17-22(20-13-8-6-9-14-20)19-23(25)21-15-10-7-11-16-21/h6-11,13-16,19H,12,17-18H2,1-5H3/b22-19-. The lowest BCUT2D eigenvalue weighted by Gasteiger charge is -2.36. The van der Waals surface area contributed by atoms with Gasteiger partial charge in [0, 0.05) is 12.2 Å². The van der Waals surface area contributed by atoms with E-state index >= 15 is 0 Å². The van der Waals surface area contributed by atoms with Gasteiger partial charge in [0.05, 0.1) is 0 Å². The van der Waals surface area contributed by atoms with Gasteiger partial charge in [-0.2, -0.15) is 0 Å². The molecule has 0 saturated heterocycles. The summed E-state index contributed by atoms with van der Waals surface area (Å²) in [5, 5.41) is 0.217. The van der Waals surface area contributed by atoms with Gasteiger partial charge in [0.25, 0.3) is 0 Å². The maximum Gasteiger partial charge on any atom is 0.191 e. The Hall–Kier alpha value is -1.97. The zero-order chi connectivity index (χ0) is 19.9. The van der Waals surface area contributed by atoms with Crippen LogP contribution >= 0.6 is 0 Å². The monoisotopic (exact) mass is 380 g/mol. The van der Waals surface area contributed by atoms with Gasteiger partial charge >= 0.3 is 0 Å². The average Bonchev–Trinajstić information content (AvgIpc) is 2.64. The van der Waals surface area contributed by atoms with Crippen molar-refractivity contribution >= 4 is 19.7 Å². The van der Waals surface area contributed by atoms with Crippen LogP contribution in [0.25, 0.3) is 5.57 Å². The highest BCUT2D eigenvalue weighted by molar-refractivity contribution is 6.74. The molecule has 0 heterocycles. The summed E-state index contributed by atoms with van der Waals surface area (Å²) in [6, 6.07) is 19.6. The van der Waals surface area contributed by atoms with E-state index in [1.54, 1.807) is 6.08 Å². The third-order valence-electron chi connectivity index (χ3n) is 5.37. The lowest BCUT2D eigenvalue weighted by atomic mass is 9.98. The number of carbonyl (C=O) groups excluding carboxylic acids is 1. The number of carbonyl (C=O) groups is 1. The second-order valence-electron chi connectivity index (χ2n) is 8.48. The zero-order valence-electron chi connectivity index (χ0n) is 17.3. The fourth-order valence-corrected chi connectivity index (χ4v) is 3.69. The molecule has 0 aliphatic rings. The first-order valence-corrected chi connectivity index (χ1v) is 12.6. The molecule has 0 aliphatic heterocycles. The molecular weight excluding hydrogens is 348 g/mol. The van der Waals surface area contributed by atoms with Crippen LogP contribution in [-0.2, 0) is 4.43 Å². The van der Waals surface area contributed by atoms with E-state index in [4.69, 9.17) is 4.43 Å². The maximum atomic E-state index is 12.7. The Kier molecular flexibility index (Phi) is 7.34. The summed E-state index contributed by atoms with van der Waals surface area (Å²) in [4.78, 5) is 12.7. The molecule has 3 heteroatoms. The van der Waals surface area contributed by atoms with Crippen molar-refractivity contribution in [1.82, 2.24) is 0 Å². The summed E-state index contributed by atoms with van der Waals surface area (Å²) in [6.45, 7) is 12.1.